The second kappa shape index (κ2) is 5.82. The van der Waals surface area contributed by atoms with Crippen molar-refractivity contribution in [1.82, 2.24) is 4.90 Å². The molecule has 3 heteroatoms. The Hall–Kier alpha value is -1.95. The van der Waals surface area contributed by atoms with Gasteiger partial charge in [-0.25, -0.2) is 0 Å². The van der Waals surface area contributed by atoms with Crippen LogP contribution in [0.3, 0.4) is 0 Å². The van der Waals surface area contributed by atoms with Crippen LogP contribution in [-0.2, 0) is 0 Å². The molecule has 0 spiro atoms. The Labute approximate surface area is 95.7 Å². The predicted molar refractivity (Wildman–Crippen MR) is 63.1 cm³/mol. The van der Waals surface area contributed by atoms with Crippen molar-refractivity contribution in [2.24, 2.45) is 0 Å². The zero-order valence-corrected chi connectivity index (χ0v) is 9.31. The Morgan fingerprint density at radius 3 is 2.56 bits per heavy atom. The van der Waals surface area contributed by atoms with Crippen LogP contribution < -0.4 is 0 Å². The van der Waals surface area contributed by atoms with Crippen LogP contribution in [0.4, 0.5) is 0 Å². The predicted octanol–water partition coefficient (Wildman–Crippen LogP) is 1.88. The molecule has 16 heavy (non-hydrogen) atoms. The molecular formula is C13H15NO2. The molecule has 0 aliphatic rings. The van der Waals surface area contributed by atoms with Gasteiger partial charge in [-0.3, -0.25) is 4.79 Å². The lowest BCUT2D eigenvalue weighted by Gasteiger charge is -2.19. The molecule has 1 amide bonds. The summed E-state index contributed by atoms with van der Waals surface area (Å²) in [6.45, 7) is 2.95. The molecule has 0 saturated carbocycles. The van der Waals surface area contributed by atoms with Crippen molar-refractivity contribution in [3.8, 4) is 18.1 Å². The minimum Gasteiger partial charge on any atom is -0.508 e. The highest BCUT2D eigenvalue weighted by atomic mass is 16.3. The fourth-order valence-electron chi connectivity index (χ4n) is 1.42. The number of terminal acetylenes is 1. The Balaban J connectivity index is 2.82. The third-order valence-corrected chi connectivity index (χ3v) is 2.18. The maximum absolute atomic E-state index is 12.0. The molecule has 0 bridgehead atoms. The molecule has 0 atom stereocenters. The van der Waals surface area contributed by atoms with Crippen molar-refractivity contribution in [2.45, 2.75) is 13.3 Å². The molecular weight excluding hydrogens is 202 g/mol. The summed E-state index contributed by atoms with van der Waals surface area (Å²) in [5.41, 5.74) is 0.543. The monoisotopic (exact) mass is 217 g/mol. The lowest BCUT2D eigenvalue weighted by Crippen LogP contribution is -2.32. The minimum atomic E-state index is -0.0974. The number of carbonyl (C=O) groups is 1. The van der Waals surface area contributed by atoms with Crippen LogP contribution in [-0.4, -0.2) is 29.0 Å². The molecule has 0 fully saturated rings. The quantitative estimate of drug-likeness (QED) is 0.782. The molecule has 0 saturated heterocycles. The third kappa shape index (κ3) is 3.03. The summed E-state index contributed by atoms with van der Waals surface area (Å²) in [4.78, 5) is 13.6. The van der Waals surface area contributed by atoms with Gasteiger partial charge in [-0.05, 0) is 30.7 Å². The van der Waals surface area contributed by atoms with Crippen molar-refractivity contribution >= 4 is 5.91 Å². The molecule has 0 aromatic heterocycles. The SMILES string of the molecule is C#CCN(CCC)C(=O)c1ccc(O)cc1. The van der Waals surface area contributed by atoms with Crippen LogP contribution in [0.25, 0.3) is 0 Å². The molecule has 0 aliphatic carbocycles. The molecule has 1 rings (SSSR count). The van der Waals surface area contributed by atoms with E-state index in [-0.39, 0.29) is 11.7 Å². The van der Waals surface area contributed by atoms with Crippen molar-refractivity contribution in [3.05, 3.63) is 29.8 Å². The van der Waals surface area contributed by atoms with Crippen LogP contribution in [0.5, 0.6) is 5.75 Å². The van der Waals surface area contributed by atoms with Crippen molar-refractivity contribution in [1.29, 1.82) is 0 Å². The number of nitrogens with zero attached hydrogens (tertiary/aromatic N) is 1. The van der Waals surface area contributed by atoms with Gasteiger partial charge in [0.2, 0.25) is 0 Å². The normalized spacial score (nSPS) is 9.50. The Bertz CT molecular complexity index is 389. The van der Waals surface area contributed by atoms with Crippen LogP contribution in [0.2, 0.25) is 0 Å². The molecule has 0 unspecified atom stereocenters. The summed E-state index contributed by atoms with van der Waals surface area (Å²) < 4.78 is 0. The highest BCUT2D eigenvalue weighted by molar-refractivity contribution is 5.94. The molecule has 1 aromatic rings. The number of aromatic hydroxyl groups is 1. The number of amides is 1. The molecule has 0 heterocycles. The summed E-state index contributed by atoms with van der Waals surface area (Å²) in [6, 6.07) is 6.17. The summed E-state index contributed by atoms with van der Waals surface area (Å²) in [6.07, 6.45) is 6.08. The van der Waals surface area contributed by atoms with Gasteiger partial charge in [-0.2, -0.15) is 0 Å². The maximum atomic E-state index is 12.0. The zero-order chi connectivity index (χ0) is 12.0. The average Bonchev–Trinajstić information content (AvgIpc) is 2.29. The van der Waals surface area contributed by atoms with Gasteiger partial charge in [-0.1, -0.05) is 12.8 Å². The second-order valence-electron chi connectivity index (χ2n) is 3.48. The van der Waals surface area contributed by atoms with Crippen LogP contribution in [0.15, 0.2) is 24.3 Å². The third-order valence-electron chi connectivity index (χ3n) is 2.18. The van der Waals surface area contributed by atoms with Gasteiger partial charge in [0, 0.05) is 12.1 Å². The number of benzene rings is 1. The first-order chi connectivity index (χ1) is 7.69. The van der Waals surface area contributed by atoms with Crippen molar-refractivity contribution < 1.29 is 9.90 Å². The van der Waals surface area contributed by atoms with Gasteiger partial charge in [0.25, 0.3) is 5.91 Å². The van der Waals surface area contributed by atoms with Crippen molar-refractivity contribution in [3.63, 3.8) is 0 Å². The Morgan fingerprint density at radius 1 is 1.44 bits per heavy atom. The summed E-state index contributed by atoms with van der Waals surface area (Å²) in [5.74, 6) is 2.52. The highest BCUT2D eigenvalue weighted by Gasteiger charge is 2.13. The molecule has 0 radical (unpaired) electrons. The van der Waals surface area contributed by atoms with Gasteiger partial charge in [-0.15, -0.1) is 6.42 Å². The first-order valence-corrected chi connectivity index (χ1v) is 5.20. The fraction of sp³-hybridized carbons (Fsp3) is 0.308. The van der Waals surface area contributed by atoms with E-state index >= 15 is 0 Å². The van der Waals surface area contributed by atoms with Gasteiger partial charge in [0.05, 0.1) is 6.54 Å². The number of phenolic OH excluding ortho intramolecular Hbond substituents is 1. The highest BCUT2D eigenvalue weighted by Crippen LogP contribution is 2.11. The van der Waals surface area contributed by atoms with E-state index in [0.717, 1.165) is 6.42 Å². The van der Waals surface area contributed by atoms with E-state index in [4.69, 9.17) is 11.5 Å². The van der Waals surface area contributed by atoms with Gasteiger partial charge in [0.15, 0.2) is 0 Å². The summed E-state index contributed by atoms with van der Waals surface area (Å²) in [5, 5.41) is 9.13. The van der Waals surface area contributed by atoms with E-state index in [2.05, 4.69) is 5.92 Å². The second-order valence-corrected chi connectivity index (χ2v) is 3.48. The maximum Gasteiger partial charge on any atom is 0.254 e. The standard InChI is InChI=1S/C13H15NO2/c1-3-9-14(10-4-2)13(16)11-5-7-12(15)8-6-11/h1,5-8,15H,4,9-10H2,2H3. The van der Waals surface area contributed by atoms with Gasteiger partial charge >= 0.3 is 0 Å². The van der Waals surface area contributed by atoms with E-state index in [1.165, 1.54) is 12.1 Å². The smallest absolute Gasteiger partial charge is 0.254 e. The fourth-order valence-corrected chi connectivity index (χ4v) is 1.42. The first kappa shape index (κ1) is 12.1. The van der Waals surface area contributed by atoms with E-state index in [9.17, 15) is 4.79 Å². The van der Waals surface area contributed by atoms with Gasteiger partial charge in [0.1, 0.15) is 5.75 Å². The number of phenols is 1. The molecule has 1 N–H and O–H groups in total. The van der Waals surface area contributed by atoms with Crippen LogP contribution >= 0.6 is 0 Å². The molecule has 3 nitrogen and oxygen atoms in total. The molecule has 84 valence electrons. The number of rotatable bonds is 4. The van der Waals surface area contributed by atoms with E-state index in [0.29, 0.717) is 18.7 Å². The average molecular weight is 217 g/mol. The Morgan fingerprint density at radius 2 is 2.06 bits per heavy atom. The minimum absolute atomic E-state index is 0.0974. The van der Waals surface area contributed by atoms with Crippen LogP contribution in [0.1, 0.15) is 23.7 Å². The lowest BCUT2D eigenvalue weighted by atomic mass is 10.2. The van der Waals surface area contributed by atoms with Gasteiger partial charge < -0.3 is 10.0 Å². The largest absolute Gasteiger partial charge is 0.508 e. The number of hydrogen-bond acceptors (Lipinski definition) is 2. The van der Waals surface area contributed by atoms with E-state index in [1.807, 2.05) is 6.92 Å². The van der Waals surface area contributed by atoms with Crippen molar-refractivity contribution in [2.75, 3.05) is 13.1 Å². The zero-order valence-electron chi connectivity index (χ0n) is 9.31. The van der Waals surface area contributed by atoms with Crippen LogP contribution in [0, 0.1) is 12.3 Å². The topological polar surface area (TPSA) is 40.5 Å². The lowest BCUT2D eigenvalue weighted by molar-refractivity contribution is 0.0777. The van der Waals surface area contributed by atoms with E-state index in [1.54, 1.807) is 17.0 Å². The summed E-state index contributed by atoms with van der Waals surface area (Å²) in [7, 11) is 0. The Kier molecular flexibility index (Phi) is 4.41. The number of carbonyl (C=O) groups excluding carboxylic acids is 1. The molecule has 1 aromatic carbocycles. The number of hydrogen-bond donors (Lipinski definition) is 1. The molecule has 0 aliphatic heterocycles. The van der Waals surface area contributed by atoms with E-state index < -0.39 is 0 Å². The summed E-state index contributed by atoms with van der Waals surface area (Å²) >= 11 is 0. The first-order valence-electron chi connectivity index (χ1n) is 5.20.